The molecule has 122 valence electrons. The van der Waals surface area contributed by atoms with Crippen molar-refractivity contribution in [2.24, 2.45) is 0 Å². The number of benzene rings is 1. The van der Waals surface area contributed by atoms with Gasteiger partial charge in [0, 0.05) is 24.9 Å². The number of nitrogens with one attached hydrogen (secondary N) is 1. The maximum atomic E-state index is 13.3. The van der Waals surface area contributed by atoms with Gasteiger partial charge in [0.05, 0.1) is 5.69 Å². The monoisotopic (exact) mass is 333 g/mol. The van der Waals surface area contributed by atoms with Gasteiger partial charge in [-0.25, -0.2) is 9.37 Å². The van der Waals surface area contributed by atoms with E-state index in [1.807, 2.05) is 11.4 Å². The van der Waals surface area contributed by atoms with Gasteiger partial charge >= 0.3 is 0 Å². The summed E-state index contributed by atoms with van der Waals surface area (Å²) in [5.41, 5.74) is 2.02. The first-order chi connectivity index (χ1) is 11.1. The summed E-state index contributed by atoms with van der Waals surface area (Å²) in [6.07, 6.45) is 3.14. The average molecular weight is 333 g/mol. The number of carbonyl (C=O) groups is 1. The van der Waals surface area contributed by atoms with E-state index >= 15 is 0 Å². The highest BCUT2D eigenvalue weighted by Gasteiger charge is 2.25. The molecule has 1 atom stereocenters. The fraction of sp³-hybridized carbons (Fsp3) is 0.412. The van der Waals surface area contributed by atoms with Crippen molar-refractivity contribution in [2.45, 2.75) is 38.8 Å². The molecule has 0 unspecified atom stereocenters. The summed E-state index contributed by atoms with van der Waals surface area (Å²) in [6.45, 7) is 3.29. The number of thiazole rings is 1. The van der Waals surface area contributed by atoms with Crippen LogP contribution >= 0.6 is 11.3 Å². The van der Waals surface area contributed by atoms with Crippen LogP contribution in [-0.4, -0.2) is 28.4 Å². The highest BCUT2D eigenvalue weighted by Crippen LogP contribution is 2.25. The zero-order valence-corrected chi connectivity index (χ0v) is 13.9. The van der Waals surface area contributed by atoms with Gasteiger partial charge in [0.25, 0.3) is 0 Å². The third-order valence-corrected chi connectivity index (χ3v) is 4.87. The third-order valence-electron chi connectivity index (χ3n) is 4.06. The van der Waals surface area contributed by atoms with Crippen LogP contribution in [0.2, 0.25) is 0 Å². The maximum absolute atomic E-state index is 13.3. The molecule has 3 rings (SSSR count). The van der Waals surface area contributed by atoms with Gasteiger partial charge in [0.1, 0.15) is 5.82 Å². The van der Waals surface area contributed by atoms with Gasteiger partial charge in [-0.2, -0.15) is 0 Å². The van der Waals surface area contributed by atoms with E-state index in [9.17, 15) is 9.18 Å². The molecule has 1 N–H and O–H groups in total. The van der Waals surface area contributed by atoms with Crippen molar-refractivity contribution in [3.05, 3.63) is 46.7 Å². The number of amides is 1. The van der Waals surface area contributed by atoms with Crippen molar-refractivity contribution < 1.29 is 9.18 Å². The minimum atomic E-state index is -0.175. The Balaban J connectivity index is 1.62. The number of halogens is 1. The molecule has 2 aromatic rings. The molecule has 6 heteroatoms. The van der Waals surface area contributed by atoms with Crippen molar-refractivity contribution in [3.63, 3.8) is 0 Å². The smallest absolute Gasteiger partial charge is 0.223 e. The topological polar surface area (TPSA) is 45.2 Å². The molecule has 0 bridgehead atoms. The van der Waals surface area contributed by atoms with E-state index in [0.717, 1.165) is 43.6 Å². The molecule has 1 aromatic heterocycles. The molecule has 2 heterocycles. The zero-order chi connectivity index (χ0) is 16.2. The molecule has 1 saturated heterocycles. The number of anilines is 1. The molecule has 1 fully saturated rings. The number of rotatable bonds is 5. The normalized spacial score (nSPS) is 18.3. The Morgan fingerprint density at radius 3 is 3.17 bits per heavy atom. The van der Waals surface area contributed by atoms with E-state index < -0.39 is 0 Å². The number of carbonyl (C=O) groups excluding carboxylic acids is 1. The first-order valence-corrected chi connectivity index (χ1v) is 8.68. The van der Waals surface area contributed by atoms with Crippen molar-refractivity contribution in [1.82, 2.24) is 9.88 Å². The molecule has 1 aromatic carbocycles. The Hall–Kier alpha value is -1.79. The molecule has 23 heavy (non-hydrogen) atoms. The van der Waals surface area contributed by atoms with E-state index in [1.54, 1.807) is 12.1 Å². The second-order valence-corrected chi connectivity index (χ2v) is 6.78. The third kappa shape index (κ3) is 4.36. The molecular formula is C17H20FN3OS. The van der Waals surface area contributed by atoms with Crippen molar-refractivity contribution in [3.8, 4) is 0 Å². The largest absolute Gasteiger partial charge is 0.302 e. The first kappa shape index (κ1) is 16.1. The average Bonchev–Trinajstić information content (AvgIpc) is 3.09. The van der Waals surface area contributed by atoms with Gasteiger partial charge < -0.3 is 5.32 Å². The second-order valence-electron chi connectivity index (χ2n) is 5.93. The minimum absolute atomic E-state index is 0.101. The molecule has 1 aliphatic rings. The lowest BCUT2D eigenvalue weighted by molar-refractivity contribution is -0.114. The number of hydrogen-bond donors (Lipinski definition) is 1. The fourth-order valence-corrected chi connectivity index (χ4v) is 3.81. The summed E-state index contributed by atoms with van der Waals surface area (Å²) < 4.78 is 13.3. The maximum Gasteiger partial charge on any atom is 0.223 e. The Morgan fingerprint density at radius 1 is 1.52 bits per heavy atom. The van der Waals surface area contributed by atoms with Crippen LogP contribution in [0.25, 0.3) is 0 Å². The SMILES string of the molecule is CC(=O)Nc1nc(CN2CCC[C@H]2Cc2cccc(F)c2)cs1. The highest BCUT2D eigenvalue weighted by atomic mass is 32.1. The van der Waals surface area contributed by atoms with Gasteiger partial charge in [-0.1, -0.05) is 12.1 Å². The van der Waals surface area contributed by atoms with Crippen molar-refractivity contribution in [1.29, 1.82) is 0 Å². The number of nitrogens with zero attached hydrogens (tertiary/aromatic N) is 2. The molecule has 1 aliphatic heterocycles. The van der Waals surface area contributed by atoms with E-state index in [4.69, 9.17) is 0 Å². The second kappa shape index (κ2) is 7.19. The van der Waals surface area contributed by atoms with Gasteiger partial charge in [0.2, 0.25) is 5.91 Å². The van der Waals surface area contributed by atoms with E-state index in [-0.39, 0.29) is 11.7 Å². The number of aromatic nitrogens is 1. The minimum Gasteiger partial charge on any atom is -0.302 e. The number of hydrogen-bond acceptors (Lipinski definition) is 4. The van der Waals surface area contributed by atoms with Gasteiger partial charge in [-0.15, -0.1) is 11.3 Å². The van der Waals surface area contributed by atoms with Crippen molar-refractivity contribution in [2.75, 3.05) is 11.9 Å². The van der Waals surface area contributed by atoms with Gasteiger partial charge in [-0.05, 0) is 43.5 Å². The molecule has 0 radical (unpaired) electrons. The molecule has 0 spiro atoms. The zero-order valence-electron chi connectivity index (χ0n) is 13.1. The molecular weight excluding hydrogens is 313 g/mol. The van der Waals surface area contributed by atoms with Crippen LogP contribution < -0.4 is 5.32 Å². The molecule has 1 amide bonds. The van der Waals surface area contributed by atoms with Gasteiger partial charge in [-0.3, -0.25) is 9.69 Å². The Morgan fingerprint density at radius 2 is 2.39 bits per heavy atom. The van der Waals surface area contributed by atoms with E-state index in [1.165, 1.54) is 24.3 Å². The predicted octanol–water partition coefficient (Wildman–Crippen LogP) is 3.45. The van der Waals surface area contributed by atoms with Crippen LogP contribution in [0.5, 0.6) is 0 Å². The van der Waals surface area contributed by atoms with E-state index in [0.29, 0.717) is 11.2 Å². The van der Waals surface area contributed by atoms with Gasteiger partial charge in [0.15, 0.2) is 5.13 Å². The van der Waals surface area contributed by atoms with E-state index in [2.05, 4.69) is 15.2 Å². The lowest BCUT2D eigenvalue weighted by Gasteiger charge is -2.23. The number of likely N-dealkylation sites (tertiary alicyclic amines) is 1. The van der Waals surface area contributed by atoms with Crippen LogP contribution in [0.3, 0.4) is 0 Å². The predicted molar refractivity (Wildman–Crippen MR) is 90.0 cm³/mol. The summed E-state index contributed by atoms with van der Waals surface area (Å²) in [6, 6.07) is 7.27. The summed E-state index contributed by atoms with van der Waals surface area (Å²) >= 11 is 1.45. The van der Waals surface area contributed by atoms with Crippen LogP contribution in [0, 0.1) is 5.82 Å². The van der Waals surface area contributed by atoms with Crippen LogP contribution in [0.1, 0.15) is 31.0 Å². The van der Waals surface area contributed by atoms with Crippen molar-refractivity contribution >= 4 is 22.4 Å². The Labute approximate surface area is 139 Å². The Bertz CT molecular complexity index is 688. The summed E-state index contributed by atoms with van der Waals surface area (Å²) in [7, 11) is 0. The molecule has 4 nitrogen and oxygen atoms in total. The Kier molecular flexibility index (Phi) is 5.03. The van der Waals surface area contributed by atoms with Crippen LogP contribution in [0.15, 0.2) is 29.6 Å². The summed E-state index contributed by atoms with van der Waals surface area (Å²) in [5, 5.41) is 5.35. The quantitative estimate of drug-likeness (QED) is 0.911. The molecule has 0 aliphatic carbocycles. The lowest BCUT2D eigenvalue weighted by Crippen LogP contribution is -2.30. The lowest BCUT2D eigenvalue weighted by atomic mass is 10.0. The standard InChI is InChI=1S/C17H20FN3OS/c1-12(22)19-17-20-15(11-23-17)10-21-7-3-6-16(21)9-13-4-2-5-14(18)8-13/h2,4-5,8,11,16H,3,6-7,9-10H2,1H3,(H,19,20,22)/t16-/m0/s1. The highest BCUT2D eigenvalue weighted by molar-refractivity contribution is 7.13. The summed E-state index contributed by atoms with van der Waals surface area (Å²) in [5.74, 6) is -0.275. The van der Waals surface area contributed by atoms with Crippen LogP contribution in [-0.2, 0) is 17.8 Å². The summed E-state index contributed by atoms with van der Waals surface area (Å²) in [4.78, 5) is 17.9. The van der Waals surface area contributed by atoms with Crippen LogP contribution in [0.4, 0.5) is 9.52 Å². The molecule has 0 saturated carbocycles. The fourth-order valence-electron chi connectivity index (χ4n) is 3.07. The first-order valence-electron chi connectivity index (χ1n) is 7.80.